The summed E-state index contributed by atoms with van der Waals surface area (Å²) in [5.74, 6) is -0.0514. The van der Waals surface area contributed by atoms with Crippen LogP contribution >= 0.6 is 0 Å². The minimum absolute atomic E-state index is 0.0639. The Bertz CT molecular complexity index is 795. The highest BCUT2D eigenvalue weighted by Crippen LogP contribution is 2.32. The fraction of sp³-hybridized carbons (Fsp3) is 0.571. The first kappa shape index (κ1) is 21.1. The number of carbonyl (C=O) groups excluding carboxylic acids is 3. The van der Waals surface area contributed by atoms with E-state index in [-0.39, 0.29) is 48.5 Å². The van der Waals surface area contributed by atoms with Crippen molar-refractivity contribution in [2.45, 2.75) is 51.4 Å². The summed E-state index contributed by atoms with van der Waals surface area (Å²) in [7, 11) is 3.37. The summed E-state index contributed by atoms with van der Waals surface area (Å²) in [5.41, 5.74) is 0.982. The van der Waals surface area contributed by atoms with Crippen LogP contribution < -0.4 is 15.4 Å². The van der Waals surface area contributed by atoms with E-state index >= 15 is 0 Å². The molecule has 2 heterocycles. The summed E-state index contributed by atoms with van der Waals surface area (Å²) in [6.07, 6.45) is 1.24. The smallest absolute Gasteiger partial charge is 0.257 e. The van der Waals surface area contributed by atoms with Gasteiger partial charge in [0, 0.05) is 25.7 Å². The minimum atomic E-state index is -0.305. The van der Waals surface area contributed by atoms with E-state index < -0.39 is 0 Å². The number of fused-ring (bicyclic) bond motifs is 2. The molecule has 8 nitrogen and oxygen atoms in total. The molecule has 158 valence electrons. The number of likely N-dealkylation sites (N-methyl/N-ethyl adjacent to an activating group) is 1. The maximum absolute atomic E-state index is 13.1. The highest BCUT2D eigenvalue weighted by atomic mass is 16.5. The number of benzene rings is 1. The lowest BCUT2D eigenvalue weighted by Gasteiger charge is -2.42. The predicted molar refractivity (Wildman–Crippen MR) is 108 cm³/mol. The fourth-order valence-electron chi connectivity index (χ4n) is 3.70. The second kappa shape index (κ2) is 8.82. The number of anilines is 1. The van der Waals surface area contributed by atoms with Crippen molar-refractivity contribution in [2.75, 3.05) is 26.0 Å². The molecule has 1 aromatic carbocycles. The van der Waals surface area contributed by atoms with Crippen molar-refractivity contribution in [1.82, 2.24) is 10.2 Å². The molecule has 1 saturated heterocycles. The van der Waals surface area contributed by atoms with E-state index in [2.05, 4.69) is 10.6 Å². The number of rotatable bonds is 4. The van der Waals surface area contributed by atoms with Crippen molar-refractivity contribution < 1.29 is 23.9 Å². The van der Waals surface area contributed by atoms with Gasteiger partial charge in [-0.1, -0.05) is 13.8 Å². The van der Waals surface area contributed by atoms with Crippen LogP contribution in [0.5, 0.6) is 5.75 Å². The molecule has 0 radical (unpaired) electrons. The van der Waals surface area contributed by atoms with Gasteiger partial charge in [0.25, 0.3) is 5.91 Å². The summed E-state index contributed by atoms with van der Waals surface area (Å²) >= 11 is 0. The van der Waals surface area contributed by atoms with Crippen LogP contribution in [-0.2, 0) is 14.3 Å². The van der Waals surface area contributed by atoms with Gasteiger partial charge in [-0.25, -0.2) is 0 Å². The third-order valence-electron chi connectivity index (χ3n) is 5.50. The molecular weight excluding hydrogens is 374 g/mol. The molecule has 3 amide bonds. The van der Waals surface area contributed by atoms with Crippen LogP contribution in [0.25, 0.3) is 0 Å². The number of nitrogens with one attached hydrogen (secondary N) is 2. The Hall–Kier alpha value is -2.61. The van der Waals surface area contributed by atoms with Crippen LogP contribution in [-0.4, -0.2) is 61.6 Å². The Labute approximate surface area is 170 Å². The van der Waals surface area contributed by atoms with Gasteiger partial charge in [0.05, 0.1) is 24.1 Å². The molecule has 3 rings (SSSR count). The first-order valence-electron chi connectivity index (χ1n) is 10.0. The molecular formula is C21H29N3O5. The van der Waals surface area contributed by atoms with Gasteiger partial charge in [-0.15, -0.1) is 0 Å². The third kappa shape index (κ3) is 4.70. The van der Waals surface area contributed by atoms with E-state index in [9.17, 15) is 14.4 Å². The molecule has 0 aromatic heterocycles. The topological polar surface area (TPSA) is 97.0 Å². The highest BCUT2D eigenvalue weighted by molar-refractivity contribution is 6.00. The lowest BCUT2D eigenvalue weighted by Crippen LogP contribution is -2.53. The molecule has 1 fully saturated rings. The first-order valence-corrected chi connectivity index (χ1v) is 10.0. The Balaban J connectivity index is 1.79. The predicted octanol–water partition coefficient (Wildman–Crippen LogP) is 1.80. The number of hydrogen-bond acceptors (Lipinski definition) is 5. The van der Waals surface area contributed by atoms with Gasteiger partial charge in [-0.2, -0.15) is 0 Å². The SMILES string of the molecule is CNC(=O)C[C@H]1CC[C@H]2[C@@H](COc3ccc(NC(=O)C(C)C)cc3C(=O)N2C)O1. The Morgan fingerprint density at radius 2 is 2.03 bits per heavy atom. The maximum Gasteiger partial charge on any atom is 0.257 e. The highest BCUT2D eigenvalue weighted by Gasteiger charge is 2.39. The van der Waals surface area contributed by atoms with E-state index in [0.717, 1.165) is 6.42 Å². The second-order valence-electron chi connectivity index (χ2n) is 7.90. The third-order valence-corrected chi connectivity index (χ3v) is 5.50. The average Bonchev–Trinajstić information content (AvgIpc) is 2.70. The Morgan fingerprint density at radius 3 is 2.72 bits per heavy atom. The largest absolute Gasteiger partial charge is 0.490 e. The molecule has 0 unspecified atom stereocenters. The summed E-state index contributed by atoms with van der Waals surface area (Å²) in [6, 6.07) is 4.95. The number of ether oxygens (including phenoxy) is 2. The minimum Gasteiger partial charge on any atom is -0.490 e. The average molecular weight is 403 g/mol. The molecule has 0 spiro atoms. The fourth-order valence-corrected chi connectivity index (χ4v) is 3.70. The molecule has 2 N–H and O–H groups in total. The molecule has 3 atom stereocenters. The van der Waals surface area contributed by atoms with Crippen molar-refractivity contribution in [3.8, 4) is 5.75 Å². The first-order chi connectivity index (χ1) is 13.8. The van der Waals surface area contributed by atoms with E-state index in [4.69, 9.17) is 9.47 Å². The van der Waals surface area contributed by atoms with Gasteiger partial charge >= 0.3 is 0 Å². The summed E-state index contributed by atoms with van der Waals surface area (Å²) in [6.45, 7) is 3.91. The molecule has 2 aliphatic rings. The van der Waals surface area contributed by atoms with Crippen LogP contribution in [0.2, 0.25) is 0 Å². The van der Waals surface area contributed by atoms with E-state index in [1.165, 1.54) is 0 Å². The van der Waals surface area contributed by atoms with Crippen molar-refractivity contribution in [2.24, 2.45) is 5.92 Å². The van der Waals surface area contributed by atoms with E-state index in [1.807, 2.05) is 13.8 Å². The monoisotopic (exact) mass is 403 g/mol. The van der Waals surface area contributed by atoms with E-state index in [1.54, 1.807) is 37.2 Å². The van der Waals surface area contributed by atoms with Crippen molar-refractivity contribution in [1.29, 1.82) is 0 Å². The zero-order valence-electron chi connectivity index (χ0n) is 17.4. The van der Waals surface area contributed by atoms with Gasteiger partial charge in [-0.05, 0) is 31.0 Å². The number of carbonyl (C=O) groups is 3. The Morgan fingerprint density at radius 1 is 1.28 bits per heavy atom. The van der Waals surface area contributed by atoms with Crippen LogP contribution in [0.4, 0.5) is 5.69 Å². The summed E-state index contributed by atoms with van der Waals surface area (Å²) in [5, 5.41) is 5.44. The van der Waals surface area contributed by atoms with Gasteiger partial charge in [0.2, 0.25) is 11.8 Å². The zero-order valence-corrected chi connectivity index (χ0v) is 17.4. The van der Waals surface area contributed by atoms with Crippen molar-refractivity contribution >= 4 is 23.4 Å². The zero-order chi connectivity index (χ0) is 21.1. The molecule has 0 aliphatic carbocycles. The normalized spacial score (nSPS) is 24.0. The maximum atomic E-state index is 13.1. The number of nitrogens with zero attached hydrogens (tertiary/aromatic N) is 1. The van der Waals surface area contributed by atoms with Crippen LogP contribution in [0.1, 0.15) is 43.5 Å². The van der Waals surface area contributed by atoms with Crippen LogP contribution in [0.3, 0.4) is 0 Å². The summed E-state index contributed by atoms with van der Waals surface area (Å²) < 4.78 is 12.0. The quantitative estimate of drug-likeness (QED) is 0.799. The van der Waals surface area contributed by atoms with Crippen LogP contribution in [0, 0.1) is 5.92 Å². The molecule has 29 heavy (non-hydrogen) atoms. The van der Waals surface area contributed by atoms with Crippen molar-refractivity contribution in [3.63, 3.8) is 0 Å². The van der Waals surface area contributed by atoms with Crippen LogP contribution in [0.15, 0.2) is 18.2 Å². The van der Waals surface area contributed by atoms with E-state index in [0.29, 0.717) is 29.8 Å². The van der Waals surface area contributed by atoms with Gasteiger partial charge in [0.1, 0.15) is 18.5 Å². The standard InChI is InChI=1S/C21H29N3O5/c1-12(2)20(26)23-13-5-8-17-15(9-13)21(27)24(4)16-7-6-14(10-19(25)22-3)29-18(16)11-28-17/h5,8-9,12,14,16,18H,6-7,10-11H2,1-4H3,(H,22,25)(H,23,26)/t14-,16+,18-/m1/s1. The van der Waals surface area contributed by atoms with Gasteiger partial charge < -0.3 is 25.0 Å². The lowest BCUT2D eigenvalue weighted by molar-refractivity contribution is -0.133. The molecule has 0 bridgehead atoms. The second-order valence-corrected chi connectivity index (χ2v) is 7.90. The molecule has 8 heteroatoms. The number of hydrogen-bond donors (Lipinski definition) is 2. The molecule has 0 saturated carbocycles. The Kier molecular flexibility index (Phi) is 6.42. The molecule has 1 aromatic rings. The van der Waals surface area contributed by atoms with Crippen molar-refractivity contribution in [3.05, 3.63) is 23.8 Å². The van der Waals surface area contributed by atoms with Gasteiger partial charge in [0.15, 0.2) is 0 Å². The lowest BCUT2D eigenvalue weighted by atomic mass is 9.94. The van der Waals surface area contributed by atoms with Gasteiger partial charge in [-0.3, -0.25) is 14.4 Å². The molecule has 2 aliphatic heterocycles. The number of amides is 3. The summed E-state index contributed by atoms with van der Waals surface area (Å²) in [4.78, 5) is 38.5.